The SMILES string of the molecule is CC(=O)NC1=CCc2ccc(Oc3cnc4[nH]cc(C(=O)NC(C)C5CC5)c4n3)cc21. The van der Waals surface area contributed by atoms with Crippen LogP contribution in [0.3, 0.4) is 0 Å². The molecule has 0 aliphatic heterocycles. The Labute approximate surface area is 179 Å². The van der Waals surface area contributed by atoms with Gasteiger partial charge in [0.15, 0.2) is 5.65 Å². The van der Waals surface area contributed by atoms with Crippen molar-refractivity contribution in [3.05, 3.63) is 53.4 Å². The van der Waals surface area contributed by atoms with Gasteiger partial charge in [0, 0.05) is 30.4 Å². The van der Waals surface area contributed by atoms with Crippen LogP contribution in [0.25, 0.3) is 16.9 Å². The number of nitrogens with zero attached hydrogens (tertiary/aromatic N) is 2. The number of ether oxygens (including phenoxy) is 1. The van der Waals surface area contributed by atoms with Gasteiger partial charge in [-0.1, -0.05) is 12.1 Å². The predicted octanol–water partition coefficient (Wildman–Crippen LogP) is 3.31. The van der Waals surface area contributed by atoms with E-state index >= 15 is 0 Å². The first-order valence-electron chi connectivity index (χ1n) is 10.4. The molecule has 3 N–H and O–H groups in total. The molecule has 1 saturated carbocycles. The van der Waals surface area contributed by atoms with Gasteiger partial charge in [-0.2, -0.15) is 0 Å². The van der Waals surface area contributed by atoms with E-state index in [0.29, 0.717) is 34.3 Å². The fourth-order valence-corrected chi connectivity index (χ4v) is 3.89. The number of hydrogen-bond donors (Lipinski definition) is 3. The lowest BCUT2D eigenvalue weighted by Crippen LogP contribution is -2.33. The van der Waals surface area contributed by atoms with Crippen LogP contribution in [0.2, 0.25) is 0 Å². The molecule has 2 aliphatic carbocycles. The maximum Gasteiger partial charge on any atom is 0.255 e. The zero-order chi connectivity index (χ0) is 21.5. The number of aromatic amines is 1. The molecule has 1 atom stereocenters. The van der Waals surface area contributed by atoms with Gasteiger partial charge < -0.3 is 20.4 Å². The summed E-state index contributed by atoms with van der Waals surface area (Å²) in [7, 11) is 0. The smallest absolute Gasteiger partial charge is 0.255 e. The minimum Gasteiger partial charge on any atom is -0.437 e. The van der Waals surface area contributed by atoms with Crippen molar-refractivity contribution in [3.8, 4) is 11.6 Å². The highest BCUT2D eigenvalue weighted by molar-refractivity contribution is 6.04. The number of benzene rings is 1. The normalized spacial score (nSPS) is 15.9. The first-order valence-corrected chi connectivity index (χ1v) is 10.4. The Balaban J connectivity index is 1.38. The highest BCUT2D eigenvalue weighted by Gasteiger charge is 2.29. The van der Waals surface area contributed by atoms with Crippen LogP contribution in [0.5, 0.6) is 11.6 Å². The lowest BCUT2D eigenvalue weighted by atomic mass is 10.1. The van der Waals surface area contributed by atoms with E-state index in [2.05, 4.69) is 25.6 Å². The monoisotopic (exact) mass is 417 g/mol. The second kappa shape index (κ2) is 7.54. The molecule has 0 bridgehead atoms. The summed E-state index contributed by atoms with van der Waals surface area (Å²) < 4.78 is 5.94. The van der Waals surface area contributed by atoms with Crippen LogP contribution >= 0.6 is 0 Å². The molecular formula is C23H23N5O3. The zero-order valence-electron chi connectivity index (χ0n) is 17.4. The molecule has 2 aliphatic rings. The van der Waals surface area contributed by atoms with Crippen molar-refractivity contribution >= 4 is 28.7 Å². The third kappa shape index (κ3) is 3.88. The Hall–Kier alpha value is -3.68. The maximum absolute atomic E-state index is 12.7. The maximum atomic E-state index is 12.7. The predicted molar refractivity (Wildman–Crippen MR) is 116 cm³/mol. The van der Waals surface area contributed by atoms with Crippen molar-refractivity contribution < 1.29 is 14.3 Å². The molecule has 0 saturated heterocycles. The number of amides is 2. The van der Waals surface area contributed by atoms with Crippen LogP contribution in [0.4, 0.5) is 0 Å². The van der Waals surface area contributed by atoms with E-state index in [4.69, 9.17) is 4.74 Å². The molecule has 1 aromatic carbocycles. The van der Waals surface area contributed by atoms with Gasteiger partial charge in [-0.15, -0.1) is 0 Å². The van der Waals surface area contributed by atoms with Crippen LogP contribution < -0.4 is 15.4 Å². The molecule has 1 fully saturated rings. The van der Waals surface area contributed by atoms with Gasteiger partial charge in [0.1, 0.15) is 11.3 Å². The molecule has 31 heavy (non-hydrogen) atoms. The second-order valence-electron chi connectivity index (χ2n) is 8.13. The quantitative estimate of drug-likeness (QED) is 0.570. The van der Waals surface area contributed by atoms with Crippen molar-refractivity contribution in [2.24, 2.45) is 5.92 Å². The number of carbonyl (C=O) groups excluding carboxylic acids is 2. The van der Waals surface area contributed by atoms with Gasteiger partial charge in [-0.25, -0.2) is 9.97 Å². The van der Waals surface area contributed by atoms with Gasteiger partial charge in [-0.3, -0.25) is 9.59 Å². The molecule has 5 rings (SSSR count). The van der Waals surface area contributed by atoms with E-state index < -0.39 is 0 Å². The molecule has 8 heteroatoms. The minimum atomic E-state index is -0.167. The Morgan fingerprint density at radius 2 is 2.13 bits per heavy atom. The van der Waals surface area contributed by atoms with E-state index in [-0.39, 0.29) is 17.9 Å². The molecule has 158 valence electrons. The van der Waals surface area contributed by atoms with Crippen molar-refractivity contribution in [2.45, 2.75) is 39.2 Å². The summed E-state index contributed by atoms with van der Waals surface area (Å²) in [6.07, 6.45) is 8.21. The number of allylic oxidation sites excluding steroid dienone is 1. The van der Waals surface area contributed by atoms with Crippen molar-refractivity contribution in [3.63, 3.8) is 0 Å². The summed E-state index contributed by atoms with van der Waals surface area (Å²) in [5.41, 5.74) is 4.28. The van der Waals surface area contributed by atoms with E-state index in [1.165, 1.54) is 13.1 Å². The number of fused-ring (bicyclic) bond motifs is 2. The summed E-state index contributed by atoms with van der Waals surface area (Å²) in [5.74, 6) is 1.15. The van der Waals surface area contributed by atoms with Gasteiger partial charge in [0.05, 0.1) is 11.8 Å². The van der Waals surface area contributed by atoms with Crippen LogP contribution in [-0.2, 0) is 11.2 Å². The highest BCUT2D eigenvalue weighted by atomic mass is 16.5. The molecule has 8 nitrogen and oxygen atoms in total. The summed E-state index contributed by atoms with van der Waals surface area (Å²) >= 11 is 0. The lowest BCUT2D eigenvalue weighted by Gasteiger charge is -2.12. The first kappa shape index (κ1) is 19.3. The van der Waals surface area contributed by atoms with Crippen LogP contribution in [0.15, 0.2) is 36.7 Å². The average Bonchev–Trinajstić information content (AvgIpc) is 3.40. The van der Waals surface area contributed by atoms with Crippen molar-refractivity contribution in [1.82, 2.24) is 25.6 Å². The van der Waals surface area contributed by atoms with Crippen LogP contribution in [-0.4, -0.2) is 32.8 Å². The second-order valence-corrected chi connectivity index (χ2v) is 8.13. The Bertz CT molecular complexity index is 1230. The fraction of sp³-hybridized carbons (Fsp3) is 0.304. The summed E-state index contributed by atoms with van der Waals surface area (Å²) in [4.78, 5) is 36.0. The van der Waals surface area contributed by atoms with Gasteiger partial charge in [0.25, 0.3) is 5.91 Å². The molecule has 2 heterocycles. The van der Waals surface area contributed by atoms with Crippen molar-refractivity contribution in [1.29, 1.82) is 0 Å². The van der Waals surface area contributed by atoms with Gasteiger partial charge in [-0.05, 0) is 49.8 Å². The number of H-pyrrole nitrogens is 1. The number of aromatic nitrogens is 3. The van der Waals surface area contributed by atoms with E-state index in [0.717, 1.165) is 36.1 Å². The molecule has 0 radical (unpaired) electrons. The Morgan fingerprint density at radius 1 is 1.29 bits per heavy atom. The zero-order valence-corrected chi connectivity index (χ0v) is 17.4. The van der Waals surface area contributed by atoms with Crippen molar-refractivity contribution in [2.75, 3.05) is 0 Å². The first-order chi connectivity index (χ1) is 15.0. The van der Waals surface area contributed by atoms with Gasteiger partial charge in [0.2, 0.25) is 11.8 Å². The summed E-state index contributed by atoms with van der Waals surface area (Å²) in [6.45, 7) is 3.52. The Morgan fingerprint density at radius 3 is 2.90 bits per heavy atom. The summed E-state index contributed by atoms with van der Waals surface area (Å²) in [5, 5.41) is 5.89. The number of rotatable bonds is 6. The van der Waals surface area contributed by atoms with E-state index in [1.807, 2.05) is 31.2 Å². The highest BCUT2D eigenvalue weighted by Crippen LogP contribution is 2.33. The standard InChI is InChI=1S/C23H23N5O3/c1-12(14-3-4-14)26-23(30)18-10-24-22-21(18)28-20(11-25-22)31-16-7-5-15-6-8-19(17(15)9-16)27-13(2)29/h5,7-12,14H,3-4,6H2,1-2H3,(H,24,25)(H,26,30)(H,27,29). The Kier molecular flexibility index (Phi) is 4.69. The molecule has 3 aromatic rings. The van der Waals surface area contributed by atoms with Gasteiger partial charge >= 0.3 is 0 Å². The van der Waals surface area contributed by atoms with E-state index in [9.17, 15) is 9.59 Å². The van der Waals surface area contributed by atoms with Crippen LogP contribution in [0.1, 0.15) is 48.2 Å². The third-order valence-corrected chi connectivity index (χ3v) is 5.72. The molecule has 2 amide bonds. The largest absolute Gasteiger partial charge is 0.437 e. The molecule has 1 unspecified atom stereocenters. The molecule has 0 spiro atoms. The van der Waals surface area contributed by atoms with E-state index in [1.54, 1.807) is 6.20 Å². The fourth-order valence-electron chi connectivity index (χ4n) is 3.89. The average molecular weight is 417 g/mol. The third-order valence-electron chi connectivity index (χ3n) is 5.72. The topological polar surface area (TPSA) is 109 Å². The number of carbonyl (C=O) groups is 2. The lowest BCUT2D eigenvalue weighted by molar-refractivity contribution is -0.117. The minimum absolute atomic E-state index is 0.115. The molecular weight excluding hydrogens is 394 g/mol. The number of hydrogen-bond acceptors (Lipinski definition) is 5. The summed E-state index contributed by atoms with van der Waals surface area (Å²) in [6, 6.07) is 5.84. The number of nitrogens with one attached hydrogen (secondary N) is 3. The molecule has 2 aromatic heterocycles. The van der Waals surface area contributed by atoms with Crippen LogP contribution in [0, 0.1) is 5.92 Å².